The maximum Gasteiger partial charge on any atom is 0.222 e. The van der Waals surface area contributed by atoms with E-state index >= 15 is 0 Å². The zero-order valence-electron chi connectivity index (χ0n) is 14.0. The van der Waals surface area contributed by atoms with E-state index in [9.17, 15) is 9.59 Å². The van der Waals surface area contributed by atoms with Gasteiger partial charge in [0.25, 0.3) is 0 Å². The molecule has 0 bridgehead atoms. The second-order valence-electron chi connectivity index (χ2n) is 5.75. The molecule has 0 aliphatic rings. The number of hydrogen-bond donors (Lipinski definition) is 3. The Hall–Kier alpha value is -1.40. The summed E-state index contributed by atoms with van der Waals surface area (Å²) >= 11 is 3.38. The van der Waals surface area contributed by atoms with E-state index in [0.717, 1.165) is 22.9 Å². The molecule has 0 saturated carbocycles. The van der Waals surface area contributed by atoms with Gasteiger partial charge in [0.2, 0.25) is 11.8 Å². The maximum atomic E-state index is 12.4. The minimum atomic E-state index is -0.377. The third-order valence-electron chi connectivity index (χ3n) is 4.19. The third kappa shape index (κ3) is 5.95. The molecule has 0 radical (unpaired) electrons. The Morgan fingerprint density at radius 3 is 2.22 bits per heavy atom. The third-order valence-corrected chi connectivity index (χ3v) is 4.72. The summed E-state index contributed by atoms with van der Waals surface area (Å²) in [6.07, 6.45) is 1.73. The van der Waals surface area contributed by atoms with Gasteiger partial charge in [0.05, 0.1) is 18.0 Å². The zero-order chi connectivity index (χ0) is 17.5. The van der Waals surface area contributed by atoms with Crippen LogP contribution in [-0.2, 0) is 9.59 Å². The molecule has 0 fully saturated rings. The number of benzene rings is 1. The van der Waals surface area contributed by atoms with Crippen molar-refractivity contribution in [2.24, 2.45) is 5.73 Å². The smallest absolute Gasteiger partial charge is 0.222 e. The van der Waals surface area contributed by atoms with E-state index in [1.54, 1.807) is 0 Å². The molecule has 0 spiro atoms. The lowest BCUT2D eigenvalue weighted by Gasteiger charge is -2.32. The highest BCUT2D eigenvalue weighted by Gasteiger charge is 2.27. The first-order valence-electron chi connectivity index (χ1n) is 7.89. The van der Waals surface area contributed by atoms with Gasteiger partial charge in [0, 0.05) is 17.9 Å². The number of halogens is 1. The molecular formula is C17H26BrN3O2. The maximum absolute atomic E-state index is 12.4. The lowest BCUT2D eigenvalue weighted by atomic mass is 9.92. The Bertz CT molecular complexity index is 519. The molecule has 128 valence electrons. The van der Waals surface area contributed by atoms with Gasteiger partial charge in [-0.2, -0.15) is 0 Å². The van der Waals surface area contributed by atoms with Crippen LogP contribution in [0, 0.1) is 0 Å². The van der Waals surface area contributed by atoms with Gasteiger partial charge >= 0.3 is 0 Å². The molecule has 1 rings (SSSR count). The fourth-order valence-electron chi connectivity index (χ4n) is 2.49. The number of hydrogen-bond acceptors (Lipinski definition) is 3. The van der Waals surface area contributed by atoms with Crippen LogP contribution in [-0.4, -0.2) is 23.9 Å². The fraction of sp³-hybridized carbons (Fsp3) is 0.529. The van der Waals surface area contributed by atoms with Crippen molar-refractivity contribution in [3.05, 3.63) is 34.3 Å². The molecule has 0 aromatic heterocycles. The topological polar surface area (TPSA) is 84.2 Å². The number of nitrogens with two attached hydrogens (primary N) is 1. The molecule has 1 aromatic rings. The first-order valence-corrected chi connectivity index (χ1v) is 8.68. The van der Waals surface area contributed by atoms with Crippen LogP contribution in [0.5, 0.6) is 0 Å². The summed E-state index contributed by atoms with van der Waals surface area (Å²) in [5, 5.41) is 5.88. The molecule has 2 amide bonds. The van der Waals surface area contributed by atoms with Gasteiger partial charge in [-0.3, -0.25) is 9.59 Å². The monoisotopic (exact) mass is 383 g/mol. The molecule has 23 heavy (non-hydrogen) atoms. The molecule has 6 heteroatoms. The molecule has 5 nitrogen and oxygen atoms in total. The highest BCUT2D eigenvalue weighted by Crippen LogP contribution is 2.21. The number of carbonyl (C=O) groups is 2. The SMILES string of the molecule is CCC(CC)(CN)NC(=O)CC(NC(C)=O)c1ccc(Br)cc1. The first kappa shape index (κ1) is 19.6. The minimum Gasteiger partial charge on any atom is -0.349 e. The van der Waals surface area contributed by atoms with Crippen molar-refractivity contribution in [3.8, 4) is 0 Å². The van der Waals surface area contributed by atoms with E-state index in [1.807, 2.05) is 38.1 Å². The van der Waals surface area contributed by atoms with E-state index in [0.29, 0.717) is 6.54 Å². The van der Waals surface area contributed by atoms with E-state index in [1.165, 1.54) is 6.92 Å². The van der Waals surface area contributed by atoms with Crippen LogP contribution in [0.2, 0.25) is 0 Å². The molecule has 1 aromatic carbocycles. The zero-order valence-corrected chi connectivity index (χ0v) is 15.6. The number of carbonyl (C=O) groups excluding carboxylic acids is 2. The normalized spacial score (nSPS) is 12.6. The minimum absolute atomic E-state index is 0.110. The summed E-state index contributed by atoms with van der Waals surface area (Å²) in [5.74, 6) is -0.275. The largest absolute Gasteiger partial charge is 0.349 e. The van der Waals surface area contributed by atoms with Crippen molar-refractivity contribution in [3.63, 3.8) is 0 Å². The van der Waals surface area contributed by atoms with E-state index in [4.69, 9.17) is 5.73 Å². The molecule has 0 aliphatic carbocycles. The van der Waals surface area contributed by atoms with Crippen LogP contribution < -0.4 is 16.4 Å². The fourth-order valence-corrected chi connectivity index (χ4v) is 2.76. The summed E-state index contributed by atoms with van der Waals surface area (Å²) in [7, 11) is 0. The lowest BCUT2D eigenvalue weighted by Crippen LogP contribution is -2.53. The van der Waals surface area contributed by atoms with Crippen molar-refractivity contribution in [2.75, 3.05) is 6.54 Å². The van der Waals surface area contributed by atoms with Crippen molar-refractivity contribution in [2.45, 2.75) is 51.6 Å². The summed E-state index contributed by atoms with van der Waals surface area (Å²) in [6.45, 7) is 5.87. The van der Waals surface area contributed by atoms with E-state index < -0.39 is 0 Å². The average molecular weight is 384 g/mol. The van der Waals surface area contributed by atoms with Gasteiger partial charge in [-0.15, -0.1) is 0 Å². The average Bonchev–Trinajstić information content (AvgIpc) is 2.52. The van der Waals surface area contributed by atoms with Crippen LogP contribution in [0.1, 0.15) is 51.6 Å². The predicted octanol–water partition coefficient (Wildman–Crippen LogP) is 2.65. The van der Waals surface area contributed by atoms with Gasteiger partial charge in [-0.05, 0) is 30.5 Å². The van der Waals surface area contributed by atoms with Gasteiger partial charge in [-0.1, -0.05) is 41.9 Å². The van der Waals surface area contributed by atoms with Gasteiger partial charge in [0.15, 0.2) is 0 Å². The highest BCUT2D eigenvalue weighted by molar-refractivity contribution is 9.10. The molecule has 0 aliphatic heterocycles. The van der Waals surface area contributed by atoms with Gasteiger partial charge in [0.1, 0.15) is 0 Å². The Balaban J connectivity index is 2.86. The second-order valence-corrected chi connectivity index (χ2v) is 6.66. The molecule has 0 heterocycles. The first-order chi connectivity index (χ1) is 10.9. The summed E-state index contributed by atoms with van der Waals surface area (Å²) in [5.41, 5.74) is 6.34. The molecule has 1 atom stereocenters. The Morgan fingerprint density at radius 1 is 1.22 bits per heavy atom. The van der Waals surface area contributed by atoms with Crippen LogP contribution in [0.25, 0.3) is 0 Å². The Morgan fingerprint density at radius 2 is 1.78 bits per heavy atom. The Kier molecular flexibility index (Phi) is 7.72. The van der Waals surface area contributed by atoms with Crippen molar-refractivity contribution in [1.82, 2.24) is 10.6 Å². The predicted molar refractivity (Wildman–Crippen MR) is 95.8 cm³/mol. The second kappa shape index (κ2) is 9.03. The van der Waals surface area contributed by atoms with Gasteiger partial charge < -0.3 is 16.4 Å². The molecule has 0 saturated heterocycles. The van der Waals surface area contributed by atoms with E-state index in [2.05, 4.69) is 26.6 Å². The summed E-state index contributed by atoms with van der Waals surface area (Å²) in [4.78, 5) is 23.9. The summed E-state index contributed by atoms with van der Waals surface area (Å²) in [6, 6.07) is 7.22. The lowest BCUT2D eigenvalue weighted by molar-refractivity contribution is -0.124. The highest BCUT2D eigenvalue weighted by atomic mass is 79.9. The van der Waals surface area contributed by atoms with Crippen LogP contribution in [0.15, 0.2) is 28.7 Å². The van der Waals surface area contributed by atoms with Gasteiger partial charge in [-0.25, -0.2) is 0 Å². The molecule has 1 unspecified atom stereocenters. The standard InChI is InChI=1S/C17H26BrN3O2/c1-4-17(5-2,11-19)21-16(23)10-15(20-12(3)22)13-6-8-14(18)9-7-13/h6-9,15H,4-5,10-11,19H2,1-3H3,(H,20,22)(H,21,23). The number of amides is 2. The number of nitrogens with one attached hydrogen (secondary N) is 2. The van der Waals surface area contributed by atoms with Crippen LogP contribution in [0.3, 0.4) is 0 Å². The van der Waals surface area contributed by atoms with Crippen molar-refractivity contribution in [1.29, 1.82) is 0 Å². The quantitative estimate of drug-likeness (QED) is 0.644. The van der Waals surface area contributed by atoms with Crippen LogP contribution >= 0.6 is 15.9 Å². The van der Waals surface area contributed by atoms with Crippen LogP contribution in [0.4, 0.5) is 0 Å². The van der Waals surface area contributed by atoms with Crippen molar-refractivity contribution < 1.29 is 9.59 Å². The molecular weight excluding hydrogens is 358 g/mol. The Labute approximate surface area is 146 Å². The van der Waals surface area contributed by atoms with Crippen molar-refractivity contribution >= 4 is 27.7 Å². The van der Waals surface area contributed by atoms with E-state index in [-0.39, 0.29) is 29.8 Å². The number of rotatable bonds is 8. The molecule has 4 N–H and O–H groups in total. The summed E-state index contributed by atoms with van der Waals surface area (Å²) < 4.78 is 0.950.